The summed E-state index contributed by atoms with van der Waals surface area (Å²) < 4.78 is 5.92. The van der Waals surface area contributed by atoms with Gasteiger partial charge >= 0.3 is 6.03 Å². The number of carbonyl (C=O) groups excluding carboxylic acids is 2. The van der Waals surface area contributed by atoms with Crippen LogP contribution in [0.1, 0.15) is 26.7 Å². The molecule has 1 fully saturated rings. The zero-order chi connectivity index (χ0) is 20.4. The first kappa shape index (κ1) is 19.1. The third-order valence-electron chi connectivity index (χ3n) is 5.45. The van der Waals surface area contributed by atoms with E-state index >= 15 is 0 Å². The average molecular weight is 391 g/mol. The minimum absolute atomic E-state index is 0.0824. The Labute approximate surface area is 170 Å². The van der Waals surface area contributed by atoms with Gasteiger partial charge in [-0.2, -0.15) is 0 Å². The summed E-state index contributed by atoms with van der Waals surface area (Å²) in [5.41, 5.74) is 1.98. The van der Waals surface area contributed by atoms with Crippen LogP contribution in [-0.4, -0.2) is 35.5 Å². The lowest BCUT2D eigenvalue weighted by Gasteiger charge is -2.41. The van der Waals surface area contributed by atoms with Crippen molar-refractivity contribution in [2.45, 2.75) is 38.8 Å². The van der Waals surface area contributed by atoms with Crippen LogP contribution in [0, 0.1) is 0 Å². The molecule has 0 aliphatic carbocycles. The van der Waals surface area contributed by atoms with Crippen LogP contribution < -0.4 is 10.2 Å². The molecule has 6 nitrogen and oxygen atoms in total. The molecule has 1 N–H and O–H groups in total. The molecule has 0 radical (unpaired) electrons. The summed E-state index contributed by atoms with van der Waals surface area (Å²) in [5, 5.41) is 2.97. The SMILES string of the molecule is CC[C@@H]1COC2=C(C(=O)Nc3ccccc3)[C@@H](CC)N(c3ccccc3)C(=O)N21. The number of hydrogen-bond acceptors (Lipinski definition) is 3. The first-order valence-electron chi connectivity index (χ1n) is 10.1. The van der Waals surface area contributed by atoms with E-state index in [1.54, 1.807) is 9.80 Å². The van der Waals surface area contributed by atoms with Gasteiger partial charge in [-0.25, -0.2) is 4.79 Å². The molecular formula is C23H25N3O3. The highest BCUT2D eigenvalue weighted by Gasteiger charge is 2.48. The fraction of sp³-hybridized carbons (Fsp3) is 0.304. The third kappa shape index (κ3) is 3.35. The van der Waals surface area contributed by atoms with Crippen LogP contribution >= 0.6 is 0 Å². The zero-order valence-corrected chi connectivity index (χ0v) is 16.7. The van der Waals surface area contributed by atoms with E-state index in [4.69, 9.17) is 4.74 Å². The van der Waals surface area contributed by atoms with Gasteiger partial charge in [-0.15, -0.1) is 0 Å². The highest BCUT2D eigenvalue weighted by molar-refractivity contribution is 6.09. The number of nitrogens with one attached hydrogen (secondary N) is 1. The van der Waals surface area contributed by atoms with Gasteiger partial charge in [0.2, 0.25) is 5.88 Å². The Morgan fingerprint density at radius 2 is 1.66 bits per heavy atom. The maximum atomic E-state index is 13.5. The van der Waals surface area contributed by atoms with Gasteiger partial charge in [-0.05, 0) is 37.1 Å². The highest BCUT2D eigenvalue weighted by Crippen LogP contribution is 2.38. The molecule has 150 valence electrons. The summed E-state index contributed by atoms with van der Waals surface area (Å²) in [7, 11) is 0. The summed E-state index contributed by atoms with van der Waals surface area (Å²) in [6.45, 7) is 4.40. The molecule has 4 rings (SSSR count). The highest BCUT2D eigenvalue weighted by atomic mass is 16.5. The van der Waals surface area contributed by atoms with Crippen LogP contribution in [0.3, 0.4) is 0 Å². The Morgan fingerprint density at radius 3 is 2.28 bits per heavy atom. The lowest BCUT2D eigenvalue weighted by molar-refractivity contribution is -0.113. The molecule has 0 aromatic heterocycles. The predicted octanol–water partition coefficient (Wildman–Crippen LogP) is 4.37. The number of nitrogens with zero attached hydrogens (tertiary/aromatic N) is 2. The topological polar surface area (TPSA) is 61.9 Å². The Balaban J connectivity index is 1.80. The van der Waals surface area contributed by atoms with Crippen molar-refractivity contribution in [2.75, 3.05) is 16.8 Å². The van der Waals surface area contributed by atoms with Crippen molar-refractivity contribution < 1.29 is 14.3 Å². The van der Waals surface area contributed by atoms with Crippen LogP contribution in [0.5, 0.6) is 0 Å². The minimum atomic E-state index is -0.407. The number of hydrogen-bond donors (Lipinski definition) is 1. The molecule has 0 spiro atoms. The van der Waals surface area contributed by atoms with Gasteiger partial charge < -0.3 is 10.1 Å². The third-order valence-corrected chi connectivity index (χ3v) is 5.45. The van der Waals surface area contributed by atoms with Gasteiger partial charge in [-0.1, -0.05) is 50.2 Å². The first-order valence-corrected chi connectivity index (χ1v) is 10.1. The number of ether oxygens (including phenoxy) is 1. The van der Waals surface area contributed by atoms with Crippen molar-refractivity contribution in [1.29, 1.82) is 0 Å². The van der Waals surface area contributed by atoms with Crippen LogP contribution in [0.4, 0.5) is 16.2 Å². The second kappa shape index (κ2) is 7.99. The number of fused-ring (bicyclic) bond motifs is 1. The molecule has 2 aromatic carbocycles. The smallest absolute Gasteiger partial charge is 0.332 e. The van der Waals surface area contributed by atoms with Crippen molar-refractivity contribution in [1.82, 2.24) is 4.90 Å². The lowest BCUT2D eigenvalue weighted by Crippen LogP contribution is -2.56. The molecule has 2 aliphatic rings. The average Bonchev–Trinajstić information content (AvgIpc) is 3.19. The summed E-state index contributed by atoms with van der Waals surface area (Å²) in [6.07, 6.45) is 1.35. The van der Waals surface area contributed by atoms with Gasteiger partial charge in [0.15, 0.2) is 0 Å². The van der Waals surface area contributed by atoms with Crippen LogP contribution in [-0.2, 0) is 9.53 Å². The molecule has 0 bridgehead atoms. The Hall–Kier alpha value is -3.28. The maximum Gasteiger partial charge on any atom is 0.332 e. The predicted molar refractivity (Wildman–Crippen MR) is 112 cm³/mol. The standard InChI is InChI=1S/C23H25N3O3/c1-3-17-15-29-22-20(21(27)24-16-11-7-5-8-12-16)19(4-2)25(23(28)26(17)22)18-13-9-6-10-14-18/h5-14,17,19H,3-4,15H2,1-2H3,(H,24,27)/t17-,19-/m1/s1. The van der Waals surface area contributed by atoms with E-state index < -0.39 is 6.04 Å². The molecule has 3 amide bonds. The van der Waals surface area contributed by atoms with Gasteiger partial charge in [0.25, 0.3) is 5.91 Å². The van der Waals surface area contributed by atoms with Crippen LogP contribution in [0.2, 0.25) is 0 Å². The maximum absolute atomic E-state index is 13.5. The molecule has 2 aromatic rings. The molecule has 2 atom stereocenters. The van der Waals surface area contributed by atoms with Gasteiger partial charge in [0.05, 0.1) is 12.1 Å². The number of urea groups is 1. The molecule has 29 heavy (non-hydrogen) atoms. The summed E-state index contributed by atoms with van der Waals surface area (Å²) in [6, 6.07) is 18.2. The number of para-hydroxylation sites is 2. The fourth-order valence-corrected chi connectivity index (χ4v) is 3.99. The normalized spacial score (nSPS) is 21.1. The molecule has 2 aliphatic heterocycles. The summed E-state index contributed by atoms with van der Waals surface area (Å²) in [4.78, 5) is 30.2. The summed E-state index contributed by atoms with van der Waals surface area (Å²) in [5.74, 6) is 0.155. The largest absolute Gasteiger partial charge is 0.476 e. The quantitative estimate of drug-likeness (QED) is 0.823. The van der Waals surface area contributed by atoms with Gasteiger partial charge in [-0.3, -0.25) is 14.6 Å². The Kier molecular flexibility index (Phi) is 5.25. The fourth-order valence-electron chi connectivity index (χ4n) is 3.99. The molecule has 1 saturated heterocycles. The monoisotopic (exact) mass is 391 g/mol. The number of amides is 3. The molecular weight excluding hydrogens is 366 g/mol. The van der Waals surface area contributed by atoms with E-state index in [1.807, 2.05) is 74.5 Å². The Morgan fingerprint density at radius 1 is 1.00 bits per heavy atom. The Bertz CT molecular complexity index is 927. The van der Waals surface area contributed by atoms with Crippen molar-refractivity contribution in [3.8, 4) is 0 Å². The van der Waals surface area contributed by atoms with Crippen LogP contribution in [0.25, 0.3) is 0 Å². The lowest BCUT2D eigenvalue weighted by atomic mass is 9.98. The second-order valence-corrected chi connectivity index (χ2v) is 7.19. The minimum Gasteiger partial charge on any atom is -0.476 e. The number of rotatable bonds is 5. The van der Waals surface area contributed by atoms with E-state index in [0.29, 0.717) is 30.2 Å². The zero-order valence-electron chi connectivity index (χ0n) is 16.7. The molecule has 0 unspecified atom stereocenters. The second-order valence-electron chi connectivity index (χ2n) is 7.19. The molecule has 6 heteroatoms. The van der Waals surface area contributed by atoms with Crippen molar-refractivity contribution in [3.63, 3.8) is 0 Å². The van der Waals surface area contributed by atoms with Crippen molar-refractivity contribution >= 4 is 23.3 Å². The van der Waals surface area contributed by atoms with Crippen LogP contribution in [0.15, 0.2) is 72.1 Å². The van der Waals surface area contributed by atoms with Gasteiger partial charge in [0.1, 0.15) is 12.2 Å². The number of benzene rings is 2. The van der Waals surface area contributed by atoms with Crippen molar-refractivity contribution in [3.05, 3.63) is 72.1 Å². The first-order chi connectivity index (χ1) is 14.2. The number of anilines is 2. The van der Waals surface area contributed by atoms with Gasteiger partial charge in [0, 0.05) is 11.4 Å². The van der Waals surface area contributed by atoms with E-state index in [1.165, 1.54) is 0 Å². The summed E-state index contributed by atoms with van der Waals surface area (Å²) >= 11 is 0. The molecule has 0 saturated carbocycles. The van der Waals surface area contributed by atoms with Crippen molar-refractivity contribution in [2.24, 2.45) is 0 Å². The number of carbonyl (C=O) groups is 2. The van der Waals surface area contributed by atoms with E-state index in [-0.39, 0.29) is 18.0 Å². The van der Waals surface area contributed by atoms with E-state index in [2.05, 4.69) is 5.32 Å². The van der Waals surface area contributed by atoms with E-state index in [9.17, 15) is 9.59 Å². The van der Waals surface area contributed by atoms with E-state index in [0.717, 1.165) is 12.1 Å². The molecule has 2 heterocycles.